The van der Waals surface area contributed by atoms with Crippen molar-refractivity contribution in [3.8, 4) is 0 Å². The van der Waals surface area contributed by atoms with Crippen molar-refractivity contribution in [2.45, 2.75) is 6.42 Å². The molecule has 102 valence electrons. The highest BCUT2D eigenvalue weighted by atomic mass is 16.6. The first-order valence-electron chi connectivity index (χ1n) is 5.65. The normalized spacial score (nSPS) is 10.8. The third kappa shape index (κ3) is 2.13. The summed E-state index contributed by atoms with van der Waals surface area (Å²) < 4.78 is 9.42. The number of fused-ring (bicyclic) bond motifs is 1. The van der Waals surface area contributed by atoms with E-state index in [1.54, 1.807) is 6.07 Å². The largest absolute Gasteiger partial charge is 0.383 e. The first kappa shape index (κ1) is 12.0. The molecular formula is C10H8N6O4. The molecule has 1 aromatic carbocycles. The van der Waals surface area contributed by atoms with Crippen molar-refractivity contribution < 1.29 is 14.1 Å². The van der Waals surface area contributed by atoms with Crippen LogP contribution in [0.15, 0.2) is 27.6 Å². The summed E-state index contributed by atoms with van der Waals surface area (Å²) in [5, 5.41) is 24.6. The molecule has 0 radical (unpaired) electrons. The molecule has 0 saturated carbocycles. The van der Waals surface area contributed by atoms with Crippen LogP contribution in [0.5, 0.6) is 0 Å². The molecule has 0 spiro atoms. The van der Waals surface area contributed by atoms with E-state index < -0.39 is 4.92 Å². The van der Waals surface area contributed by atoms with Crippen molar-refractivity contribution in [3.63, 3.8) is 0 Å². The van der Waals surface area contributed by atoms with Gasteiger partial charge in [-0.25, -0.2) is 4.63 Å². The topological polar surface area (TPSA) is 133 Å². The Hall–Kier alpha value is -3.04. The van der Waals surface area contributed by atoms with Crippen LogP contribution in [0.1, 0.15) is 5.89 Å². The molecule has 3 aromatic rings. The number of nitro groups is 1. The van der Waals surface area contributed by atoms with Crippen LogP contribution in [0.25, 0.3) is 11.0 Å². The van der Waals surface area contributed by atoms with Crippen LogP contribution in [0, 0.1) is 10.1 Å². The Bertz CT molecular complexity index is 737. The quantitative estimate of drug-likeness (QED) is 0.538. The first-order chi connectivity index (χ1) is 9.75. The molecule has 0 aliphatic heterocycles. The summed E-state index contributed by atoms with van der Waals surface area (Å²) in [6.07, 6.45) is 1.84. The van der Waals surface area contributed by atoms with Crippen LogP contribution in [0.3, 0.4) is 0 Å². The summed E-state index contributed by atoms with van der Waals surface area (Å²) in [7, 11) is 0. The van der Waals surface area contributed by atoms with E-state index in [1.165, 1.54) is 12.4 Å². The Morgan fingerprint density at radius 1 is 1.30 bits per heavy atom. The van der Waals surface area contributed by atoms with Crippen molar-refractivity contribution in [2.24, 2.45) is 0 Å². The number of hydrogen-bond acceptors (Lipinski definition) is 9. The van der Waals surface area contributed by atoms with Crippen LogP contribution in [0.2, 0.25) is 0 Å². The number of aromatic nitrogens is 4. The molecule has 10 nitrogen and oxygen atoms in total. The average Bonchev–Trinajstić information content (AvgIpc) is 3.09. The molecule has 0 bridgehead atoms. The van der Waals surface area contributed by atoms with Crippen molar-refractivity contribution in [3.05, 3.63) is 34.5 Å². The van der Waals surface area contributed by atoms with Gasteiger partial charge in [0.25, 0.3) is 0 Å². The molecule has 0 aliphatic rings. The van der Waals surface area contributed by atoms with Gasteiger partial charge in [0, 0.05) is 19.0 Å². The standard InChI is InChI=1S/C10H8N6O4/c17-16(18)7-2-1-6(9-10(7)15-20-14-9)11-4-3-8-12-5-13-19-8/h1-2,5,11H,3-4H2. The third-order valence-corrected chi connectivity index (χ3v) is 2.65. The van der Waals surface area contributed by atoms with Crippen molar-refractivity contribution in [2.75, 3.05) is 11.9 Å². The summed E-state index contributed by atoms with van der Waals surface area (Å²) in [5.41, 5.74) is 0.859. The maximum absolute atomic E-state index is 10.8. The average molecular weight is 276 g/mol. The molecule has 0 atom stereocenters. The van der Waals surface area contributed by atoms with Crippen LogP contribution < -0.4 is 5.32 Å². The van der Waals surface area contributed by atoms with E-state index in [0.717, 1.165) is 0 Å². The van der Waals surface area contributed by atoms with Gasteiger partial charge in [0.2, 0.25) is 11.4 Å². The van der Waals surface area contributed by atoms with E-state index in [-0.39, 0.29) is 11.2 Å². The lowest BCUT2D eigenvalue weighted by molar-refractivity contribution is -0.383. The van der Waals surface area contributed by atoms with Gasteiger partial charge in [-0.05, 0) is 16.4 Å². The Morgan fingerprint density at radius 3 is 2.90 bits per heavy atom. The number of nitro benzene ring substituents is 1. The van der Waals surface area contributed by atoms with Gasteiger partial charge >= 0.3 is 5.69 Å². The molecule has 2 aromatic heterocycles. The molecular weight excluding hydrogens is 268 g/mol. The van der Waals surface area contributed by atoms with E-state index >= 15 is 0 Å². The minimum absolute atomic E-state index is 0.109. The number of nitrogens with one attached hydrogen (secondary N) is 1. The highest BCUT2D eigenvalue weighted by Crippen LogP contribution is 2.28. The Morgan fingerprint density at radius 2 is 2.15 bits per heavy atom. The van der Waals surface area contributed by atoms with Gasteiger partial charge in [0.05, 0.1) is 10.6 Å². The monoisotopic (exact) mass is 276 g/mol. The van der Waals surface area contributed by atoms with E-state index in [1.807, 2.05) is 0 Å². The molecule has 3 rings (SSSR count). The van der Waals surface area contributed by atoms with Gasteiger partial charge in [-0.1, -0.05) is 5.16 Å². The van der Waals surface area contributed by atoms with E-state index in [9.17, 15) is 10.1 Å². The molecule has 0 aliphatic carbocycles. The maximum Gasteiger partial charge on any atom is 0.300 e. The number of nitrogens with zero attached hydrogens (tertiary/aromatic N) is 5. The highest BCUT2D eigenvalue weighted by Gasteiger charge is 2.19. The number of rotatable bonds is 5. The molecule has 20 heavy (non-hydrogen) atoms. The number of benzene rings is 1. The Labute approximate surface area is 110 Å². The summed E-state index contributed by atoms with van der Waals surface area (Å²) in [5.74, 6) is 0.494. The second kappa shape index (κ2) is 4.91. The van der Waals surface area contributed by atoms with Crippen molar-refractivity contribution in [1.82, 2.24) is 20.5 Å². The second-order valence-electron chi connectivity index (χ2n) is 3.86. The predicted molar refractivity (Wildman–Crippen MR) is 65.0 cm³/mol. The molecule has 10 heteroatoms. The predicted octanol–water partition coefficient (Wildman–Crippen LogP) is 1.17. The minimum atomic E-state index is -0.533. The zero-order valence-corrected chi connectivity index (χ0v) is 10.0. The molecule has 2 heterocycles. The van der Waals surface area contributed by atoms with Gasteiger partial charge in [0.15, 0.2) is 11.8 Å². The fourth-order valence-corrected chi connectivity index (χ4v) is 1.75. The Kier molecular flexibility index (Phi) is 2.95. The number of non-ortho nitro benzene ring substituents is 1. The summed E-state index contributed by atoms with van der Waals surface area (Å²) in [6, 6.07) is 2.90. The zero-order chi connectivity index (χ0) is 13.9. The highest BCUT2D eigenvalue weighted by molar-refractivity contribution is 5.93. The first-order valence-corrected chi connectivity index (χ1v) is 5.65. The van der Waals surface area contributed by atoms with Crippen LogP contribution >= 0.6 is 0 Å². The van der Waals surface area contributed by atoms with E-state index in [2.05, 4.69) is 30.4 Å². The lowest BCUT2D eigenvalue weighted by Crippen LogP contribution is -2.05. The van der Waals surface area contributed by atoms with Gasteiger partial charge in [-0.15, -0.1) is 0 Å². The molecule has 0 amide bonds. The zero-order valence-electron chi connectivity index (χ0n) is 10.0. The lowest BCUT2D eigenvalue weighted by atomic mass is 10.2. The minimum Gasteiger partial charge on any atom is -0.383 e. The van der Waals surface area contributed by atoms with Gasteiger partial charge in [-0.3, -0.25) is 10.1 Å². The number of hydrogen-bond donors (Lipinski definition) is 1. The molecule has 1 N–H and O–H groups in total. The van der Waals surface area contributed by atoms with E-state index in [4.69, 9.17) is 4.52 Å². The van der Waals surface area contributed by atoms with Crippen LogP contribution in [-0.4, -0.2) is 31.9 Å². The molecule has 0 saturated heterocycles. The summed E-state index contributed by atoms with van der Waals surface area (Å²) >= 11 is 0. The smallest absolute Gasteiger partial charge is 0.300 e. The number of anilines is 1. The third-order valence-electron chi connectivity index (χ3n) is 2.65. The van der Waals surface area contributed by atoms with Crippen LogP contribution in [0.4, 0.5) is 11.4 Å². The fourth-order valence-electron chi connectivity index (χ4n) is 1.75. The van der Waals surface area contributed by atoms with E-state index in [0.29, 0.717) is 30.1 Å². The summed E-state index contributed by atoms with van der Waals surface area (Å²) in [4.78, 5) is 14.2. The SMILES string of the molecule is O=[N+]([O-])c1ccc(NCCc2ncno2)c2nonc12. The fraction of sp³-hybridized carbons (Fsp3) is 0.200. The lowest BCUT2D eigenvalue weighted by Gasteiger charge is -2.04. The van der Waals surface area contributed by atoms with Gasteiger partial charge in [0.1, 0.15) is 0 Å². The second-order valence-corrected chi connectivity index (χ2v) is 3.86. The van der Waals surface area contributed by atoms with Crippen molar-refractivity contribution >= 4 is 22.4 Å². The molecule has 0 fully saturated rings. The van der Waals surface area contributed by atoms with Crippen LogP contribution in [-0.2, 0) is 6.42 Å². The summed E-state index contributed by atoms with van der Waals surface area (Å²) in [6.45, 7) is 0.502. The molecule has 0 unspecified atom stereocenters. The maximum atomic E-state index is 10.8. The van der Waals surface area contributed by atoms with Crippen molar-refractivity contribution in [1.29, 1.82) is 0 Å². The van der Waals surface area contributed by atoms with Gasteiger partial charge in [-0.2, -0.15) is 4.98 Å². The van der Waals surface area contributed by atoms with Gasteiger partial charge < -0.3 is 9.84 Å². The Balaban J connectivity index is 1.80.